The third-order valence-corrected chi connectivity index (χ3v) is 2.54. The number of hydrogen-bond acceptors (Lipinski definition) is 3. The second-order valence-corrected chi connectivity index (χ2v) is 4.12. The maximum Gasteiger partial charge on any atom is 0.119 e. The highest BCUT2D eigenvalue weighted by Gasteiger charge is 2.02. The molecule has 1 rings (SSSR count). The van der Waals surface area contributed by atoms with Crippen LogP contribution < -0.4 is 10.1 Å². The fourth-order valence-corrected chi connectivity index (χ4v) is 1.58. The van der Waals surface area contributed by atoms with Gasteiger partial charge < -0.3 is 14.8 Å². The average Bonchev–Trinajstić information content (AvgIpc) is 2.35. The Morgan fingerprint density at radius 3 is 2.53 bits per heavy atom. The molecule has 0 aliphatic carbocycles. The van der Waals surface area contributed by atoms with Crippen LogP contribution in [0.3, 0.4) is 0 Å². The van der Waals surface area contributed by atoms with E-state index in [9.17, 15) is 0 Å². The van der Waals surface area contributed by atoms with Crippen molar-refractivity contribution in [1.82, 2.24) is 5.32 Å². The first kappa shape index (κ1) is 14.0. The zero-order chi connectivity index (χ0) is 12.5. The third kappa shape index (κ3) is 5.71. The summed E-state index contributed by atoms with van der Waals surface area (Å²) in [5.41, 5.74) is 1.28. The summed E-state index contributed by atoms with van der Waals surface area (Å²) in [4.78, 5) is 0. The smallest absolute Gasteiger partial charge is 0.119 e. The molecule has 0 radical (unpaired) electrons. The van der Waals surface area contributed by atoms with Crippen molar-refractivity contribution in [1.29, 1.82) is 0 Å². The van der Waals surface area contributed by atoms with Gasteiger partial charge in [-0.2, -0.15) is 0 Å². The van der Waals surface area contributed by atoms with Gasteiger partial charge >= 0.3 is 0 Å². The zero-order valence-electron chi connectivity index (χ0n) is 11.0. The number of ether oxygens (including phenoxy) is 2. The van der Waals surface area contributed by atoms with E-state index in [4.69, 9.17) is 9.47 Å². The molecule has 3 nitrogen and oxygen atoms in total. The molecule has 17 heavy (non-hydrogen) atoms. The SMILES string of the molecule is CCNCC(C)Oc1ccc(CCOC)cc1. The van der Waals surface area contributed by atoms with Gasteiger partial charge in [0, 0.05) is 13.7 Å². The van der Waals surface area contributed by atoms with Crippen LogP contribution in [0.25, 0.3) is 0 Å². The van der Waals surface area contributed by atoms with Crippen molar-refractivity contribution in [3.05, 3.63) is 29.8 Å². The lowest BCUT2D eigenvalue weighted by Crippen LogP contribution is -2.28. The van der Waals surface area contributed by atoms with E-state index >= 15 is 0 Å². The Bertz CT molecular complexity index is 298. The van der Waals surface area contributed by atoms with E-state index in [1.165, 1.54) is 5.56 Å². The van der Waals surface area contributed by atoms with Gasteiger partial charge in [0.05, 0.1) is 6.61 Å². The summed E-state index contributed by atoms with van der Waals surface area (Å²) in [6.45, 7) is 6.78. The molecule has 0 aliphatic heterocycles. The standard InChI is InChI=1S/C14H23NO2/c1-4-15-11-12(2)17-14-7-5-13(6-8-14)9-10-16-3/h5-8,12,15H,4,9-11H2,1-3H3. The highest BCUT2D eigenvalue weighted by atomic mass is 16.5. The summed E-state index contributed by atoms with van der Waals surface area (Å²) >= 11 is 0. The normalized spacial score (nSPS) is 12.4. The van der Waals surface area contributed by atoms with Crippen LogP contribution in [-0.4, -0.2) is 32.9 Å². The number of methoxy groups -OCH3 is 1. The van der Waals surface area contributed by atoms with Crippen LogP contribution in [0.4, 0.5) is 0 Å². The van der Waals surface area contributed by atoms with Gasteiger partial charge in [-0.25, -0.2) is 0 Å². The summed E-state index contributed by atoms with van der Waals surface area (Å²) in [5.74, 6) is 0.927. The summed E-state index contributed by atoms with van der Waals surface area (Å²) in [6, 6.07) is 8.23. The molecular weight excluding hydrogens is 214 g/mol. The predicted octanol–water partition coefficient (Wildman–Crippen LogP) is 2.25. The number of rotatable bonds is 8. The second kappa shape index (κ2) is 8.09. The van der Waals surface area contributed by atoms with Crippen molar-refractivity contribution < 1.29 is 9.47 Å². The lowest BCUT2D eigenvalue weighted by Gasteiger charge is -2.15. The predicted molar refractivity (Wildman–Crippen MR) is 70.7 cm³/mol. The number of nitrogens with one attached hydrogen (secondary N) is 1. The van der Waals surface area contributed by atoms with Gasteiger partial charge in [-0.15, -0.1) is 0 Å². The van der Waals surface area contributed by atoms with Gasteiger partial charge in [-0.1, -0.05) is 19.1 Å². The van der Waals surface area contributed by atoms with Gasteiger partial charge in [0.1, 0.15) is 11.9 Å². The molecule has 0 aromatic heterocycles. The van der Waals surface area contributed by atoms with Crippen LogP contribution in [0.5, 0.6) is 5.75 Å². The van der Waals surface area contributed by atoms with Crippen molar-refractivity contribution in [3.8, 4) is 5.75 Å². The van der Waals surface area contributed by atoms with E-state index in [0.717, 1.165) is 31.9 Å². The fourth-order valence-electron chi connectivity index (χ4n) is 1.58. The molecule has 0 bridgehead atoms. The molecular formula is C14H23NO2. The minimum Gasteiger partial charge on any atom is -0.489 e. The molecule has 0 saturated heterocycles. The highest BCUT2D eigenvalue weighted by molar-refractivity contribution is 5.27. The average molecular weight is 237 g/mol. The molecule has 1 aromatic carbocycles. The van der Waals surface area contributed by atoms with Crippen molar-refractivity contribution >= 4 is 0 Å². The Morgan fingerprint density at radius 1 is 1.24 bits per heavy atom. The number of likely N-dealkylation sites (N-methyl/N-ethyl adjacent to an activating group) is 1. The molecule has 0 aliphatic rings. The lowest BCUT2D eigenvalue weighted by molar-refractivity contribution is 0.202. The molecule has 1 N–H and O–H groups in total. The molecule has 0 saturated carbocycles. The molecule has 1 atom stereocenters. The zero-order valence-corrected chi connectivity index (χ0v) is 11.0. The van der Waals surface area contributed by atoms with Crippen LogP contribution in [0.2, 0.25) is 0 Å². The van der Waals surface area contributed by atoms with Gasteiger partial charge in [0.25, 0.3) is 0 Å². The monoisotopic (exact) mass is 237 g/mol. The summed E-state index contributed by atoms with van der Waals surface area (Å²) in [6.07, 6.45) is 1.14. The summed E-state index contributed by atoms with van der Waals surface area (Å²) < 4.78 is 10.8. The van der Waals surface area contributed by atoms with E-state index in [0.29, 0.717) is 0 Å². The first-order valence-electron chi connectivity index (χ1n) is 6.21. The first-order chi connectivity index (χ1) is 8.26. The quantitative estimate of drug-likeness (QED) is 0.752. The van der Waals surface area contributed by atoms with Gasteiger partial charge in [0.2, 0.25) is 0 Å². The molecule has 1 unspecified atom stereocenters. The van der Waals surface area contributed by atoms with Crippen molar-refractivity contribution in [2.75, 3.05) is 26.8 Å². The second-order valence-electron chi connectivity index (χ2n) is 4.12. The van der Waals surface area contributed by atoms with E-state index in [-0.39, 0.29) is 6.10 Å². The summed E-state index contributed by atoms with van der Waals surface area (Å²) in [5, 5.41) is 3.27. The molecule has 3 heteroatoms. The molecule has 0 amide bonds. The number of hydrogen-bond donors (Lipinski definition) is 1. The molecule has 96 valence electrons. The lowest BCUT2D eigenvalue weighted by atomic mass is 10.1. The highest BCUT2D eigenvalue weighted by Crippen LogP contribution is 2.14. The maximum absolute atomic E-state index is 5.78. The van der Waals surface area contributed by atoms with Crippen molar-refractivity contribution in [2.45, 2.75) is 26.4 Å². The van der Waals surface area contributed by atoms with Gasteiger partial charge in [-0.05, 0) is 37.6 Å². The third-order valence-electron chi connectivity index (χ3n) is 2.54. The number of benzene rings is 1. The van der Waals surface area contributed by atoms with Gasteiger partial charge in [0.15, 0.2) is 0 Å². The van der Waals surface area contributed by atoms with Crippen LogP contribution in [0, 0.1) is 0 Å². The summed E-state index contributed by atoms with van der Waals surface area (Å²) in [7, 11) is 1.72. The Balaban J connectivity index is 2.39. The van der Waals surface area contributed by atoms with E-state index in [1.54, 1.807) is 7.11 Å². The van der Waals surface area contributed by atoms with Crippen LogP contribution in [0.15, 0.2) is 24.3 Å². The van der Waals surface area contributed by atoms with E-state index in [2.05, 4.69) is 31.3 Å². The first-order valence-corrected chi connectivity index (χ1v) is 6.21. The molecule has 0 spiro atoms. The minimum atomic E-state index is 0.194. The van der Waals surface area contributed by atoms with Crippen LogP contribution >= 0.6 is 0 Å². The molecule has 1 aromatic rings. The van der Waals surface area contributed by atoms with Gasteiger partial charge in [-0.3, -0.25) is 0 Å². The molecule has 0 heterocycles. The topological polar surface area (TPSA) is 30.5 Å². The van der Waals surface area contributed by atoms with E-state index in [1.807, 2.05) is 12.1 Å². The fraction of sp³-hybridized carbons (Fsp3) is 0.571. The van der Waals surface area contributed by atoms with E-state index < -0.39 is 0 Å². The minimum absolute atomic E-state index is 0.194. The van der Waals surface area contributed by atoms with Crippen molar-refractivity contribution in [2.24, 2.45) is 0 Å². The molecule has 0 fully saturated rings. The largest absolute Gasteiger partial charge is 0.489 e. The van der Waals surface area contributed by atoms with Crippen LogP contribution in [0.1, 0.15) is 19.4 Å². The Morgan fingerprint density at radius 2 is 1.94 bits per heavy atom. The van der Waals surface area contributed by atoms with Crippen LogP contribution in [-0.2, 0) is 11.2 Å². The Kier molecular flexibility index (Phi) is 6.67. The van der Waals surface area contributed by atoms with Crippen molar-refractivity contribution in [3.63, 3.8) is 0 Å². The maximum atomic E-state index is 5.78. The Hall–Kier alpha value is -1.06. The Labute approximate surface area is 104 Å².